The van der Waals surface area contributed by atoms with E-state index in [0.717, 1.165) is 14.5 Å². The molecule has 0 aliphatic rings. The summed E-state index contributed by atoms with van der Waals surface area (Å²) in [7, 11) is 0. The first-order valence-electron chi connectivity index (χ1n) is 6.23. The first kappa shape index (κ1) is 14.3. The average Bonchev–Trinajstić information content (AvgIpc) is 2.45. The highest BCUT2D eigenvalue weighted by Gasteiger charge is 2.07. The van der Waals surface area contributed by atoms with Crippen molar-refractivity contribution in [1.82, 2.24) is 9.55 Å². The molecule has 0 aliphatic carbocycles. The van der Waals surface area contributed by atoms with Gasteiger partial charge in [0.05, 0.1) is 23.8 Å². The molecule has 0 spiro atoms. The molecule has 2 N–H and O–H groups in total. The van der Waals surface area contributed by atoms with Crippen LogP contribution >= 0.6 is 31.9 Å². The molecule has 0 saturated carbocycles. The van der Waals surface area contributed by atoms with Gasteiger partial charge in [0.25, 0.3) is 5.56 Å². The molecule has 0 bridgehead atoms. The van der Waals surface area contributed by atoms with E-state index in [1.54, 1.807) is 17.0 Å². The minimum absolute atomic E-state index is 0.0800. The molecule has 106 valence electrons. The minimum atomic E-state index is -0.0800. The molecule has 3 aromatic rings. The zero-order valence-electron chi connectivity index (χ0n) is 10.9. The van der Waals surface area contributed by atoms with Gasteiger partial charge in [-0.3, -0.25) is 9.36 Å². The Morgan fingerprint density at radius 1 is 1.10 bits per heavy atom. The molecule has 0 amide bonds. The number of nitrogens with two attached hydrogens (primary N) is 1. The molecule has 2 aromatic carbocycles. The van der Waals surface area contributed by atoms with Crippen LogP contribution in [0.1, 0.15) is 5.56 Å². The quantitative estimate of drug-likeness (QED) is 0.659. The second kappa shape index (κ2) is 5.61. The smallest absolute Gasteiger partial charge is 0.261 e. The minimum Gasteiger partial charge on any atom is -0.398 e. The van der Waals surface area contributed by atoms with Crippen molar-refractivity contribution < 1.29 is 0 Å². The largest absolute Gasteiger partial charge is 0.398 e. The molecule has 0 radical (unpaired) electrons. The molecular formula is C15H11Br2N3O. The monoisotopic (exact) mass is 407 g/mol. The lowest BCUT2D eigenvalue weighted by Gasteiger charge is -2.09. The lowest BCUT2D eigenvalue weighted by Crippen LogP contribution is -2.21. The van der Waals surface area contributed by atoms with Crippen LogP contribution in [0, 0.1) is 0 Å². The molecule has 0 unspecified atom stereocenters. The van der Waals surface area contributed by atoms with Gasteiger partial charge < -0.3 is 5.73 Å². The fraction of sp³-hybridized carbons (Fsp3) is 0.0667. The summed E-state index contributed by atoms with van der Waals surface area (Å²) in [6.07, 6.45) is 1.56. The predicted octanol–water partition coefficient (Wildman–Crippen LogP) is 3.55. The van der Waals surface area contributed by atoms with Crippen LogP contribution in [0.25, 0.3) is 10.9 Å². The number of anilines is 1. The Balaban J connectivity index is 2.09. The maximum Gasteiger partial charge on any atom is 0.261 e. The summed E-state index contributed by atoms with van der Waals surface area (Å²) in [5, 5.41) is 0.586. The summed E-state index contributed by atoms with van der Waals surface area (Å²) in [4.78, 5) is 16.8. The van der Waals surface area contributed by atoms with E-state index in [2.05, 4.69) is 36.8 Å². The molecule has 6 heteroatoms. The van der Waals surface area contributed by atoms with Crippen molar-refractivity contribution in [2.24, 2.45) is 0 Å². The van der Waals surface area contributed by atoms with Crippen molar-refractivity contribution in [3.63, 3.8) is 0 Å². The number of fused-ring (bicyclic) bond motifs is 1. The Bertz CT molecular complexity index is 890. The highest BCUT2D eigenvalue weighted by molar-refractivity contribution is 9.10. The van der Waals surface area contributed by atoms with Crippen molar-refractivity contribution in [3.05, 3.63) is 67.6 Å². The number of halogens is 2. The number of rotatable bonds is 2. The lowest BCUT2D eigenvalue weighted by atomic mass is 10.2. The fourth-order valence-electron chi connectivity index (χ4n) is 2.14. The van der Waals surface area contributed by atoms with Gasteiger partial charge in [0.15, 0.2) is 0 Å². The third-order valence-corrected chi connectivity index (χ3v) is 4.22. The van der Waals surface area contributed by atoms with Gasteiger partial charge in [-0.15, -0.1) is 0 Å². The normalized spacial score (nSPS) is 11.0. The van der Waals surface area contributed by atoms with Crippen LogP contribution in [0.4, 0.5) is 5.69 Å². The summed E-state index contributed by atoms with van der Waals surface area (Å²) < 4.78 is 3.33. The van der Waals surface area contributed by atoms with Crippen molar-refractivity contribution >= 4 is 48.5 Å². The van der Waals surface area contributed by atoms with E-state index < -0.39 is 0 Å². The topological polar surface area (TPSA) is 60.9 Å². The van der Waals surface area contributed by atoms with E-state index in [4.69, 9.17) is 5.73 Å². The third kappa shape index (κ3) is 2.87. The maximum absolute atomic E-state index is 12.5. The first-order valence-corrected chi connectivity index (χ1v) is 7.82. The van der Waals surface area contributed by atoms with E-state index in [-0.39, 0.29) is 5.56 Å². The average molecular weight is 409 g/mol. The highest BCUT2D eigenvalue weighted by atomic mass is 79.9. The number of nitrogens with zero attached hydrogens (tertiary/aromatic N) is 2. The Hall–Kier alpha value is -1.66. The predicted molar refractivity (Wildman–Crippen MR) is 91.4 cm³/mol. The van der Waals surface area contributed by atoms with Crippen LogP contribution in [-0.4, -0.2) is 9.55 Å². The van der Waals surface area contributed by atoms with Crippen molar-refractivity contribution in [2.45, 2.75) is 6.54 Å². The standard InChI is InChI=1S/C15H11Br2N3O/c16-10-3-4-14-12(5-10)15(21)20(8-19-14)7-9-1-2-11(17)6-13(9)18/h1-6,8H,7,18H2. The van der Waals surface area contributed by atoms with Crippen molar-refractivity contribution in [2.75, 3.05) is 5.73 Å². The van der Waals surface area contributed by atoms with E-state index in [1.165, 1.54) is 0 Å². The van der Waals surface area contributed by atoms with Crippen molar-refractivity contribution in [1.29, 1.82) is 0 Å². The maximum atomic E-state index is 12.5. The van der Waals surface area contributed by atoms with Gasteiger partial charge in [-0.05, 0) is 35.9 Å². The summed E-state index contributed by atoms with van der Waals surface area (Å²) in [5.74, 6) is 0. The Labute approximate surface area is 137 Å². The molecule has 0 aliphatic heterocycles. The summed E-state index contributed by atoms with van der Waals surface area (Å²) in [6, 6.07) is 11.1. The first-order chi connectivity index (χ1) is 10.0. The molecule has 4 nitrogen and oxygen atoms in total. The van der Waals surface area contributed by atoms with Gasteiger partial charge in [-0.1, -0.05) is 37.9 Å². The summed E-state index contributed by atoms with van der Waals surface area (Å²) >= 11 is 6.75. The molecule has 1 heterocycles. The van der Waals surface area contributed by atoms with E-state index >= 15 is 0 Å². The van der Waals surface area contributed by atoms with Crippen LogP contribution in [0.2, 0.25) is 0 Å². The van der Waals surface area contributed by atoms with E-state index in [1.807, 2.05) is 30.3 Å². The van der Waals surface area contributed by atoms with E-state index in [9.17, 15) is 4.79 Å². The zero-order chi connectivity index (χ0) is 15.0. The number of nitrogen functional groups attached to an aromatic ring is 1. The number of hydrogen-bond donors (Lipinski definition) is 1. The van der Waals surface area contributed by atoms with Gasteiger partial charge in [0.2, 0.25) is 0 Å². The Kier molecular flexibility index (Phi) is 3.82. The van der Waals surface area contributed by atoms with Gasteiger partial charge >= 0.3 is 0 Å². The van der Waals surface area contributed by atoms with Crippen LogP contribution in [-0.2, 0) is 6.54 Å². The molecule has 21 heavy (non-hydrogen) atoms. The fourth-order valence-corrected chi connectivity index (χ4v) is 2.88. The van der Waals surface area contributed by atoms with Gasteiger partial charge in [0, 0.05) is 14.6 Å². The van der Waals surface area contributed by atoms with Gasteiger partial charge in [-0.2, -0.15) is 0 Å². The lowest BCUT2D eigenvalue weighted by molar-refractivity contribution is 0.750. The highest BCUT2D eigenvalue weighted by Crippen LogP contribution is 2.19. The number of aromatic nitrogens is 2. The van der Waals surface area contributed by atoms with Gasteiger partial charge in [-0.25, -0.2) is 4.98 Å². The SMILES string of the molecule is Nc1cc(Br)ccc1Cn1cnc2ccc(Br)cc2c1=O. The van der Waals surface area contributed by atoms with Crippen LogP contribution in [0.3, 0.4) is 0 Å². The van der Waals surface area contributed by atoms with Crippen LogP contribution in [0.5, 0.6) is 0 Å². The Morgan fingerprint density at radius 3 is 2.57 bits per heavy atom. The molecular weight excluding hydrogens is 398 g/mol. The molecule has 1 aromatic heterocycles. The summed E-state index contributed by atoms with van der Waals surface area (Å²) in [5.41, 5.74) is 8.12. The molecule has 0 fully saturated rings. The van der Waals surface area contributed by atoms with Crippen LogP contribution < -0.4 is 11.3 Å². The summed E-state index contributed by atoms with van der Waals surface area (Å²) in [6.45, 7) is 0.396. The number of benzene rings is 2. The van der Waals surface area contributed by atoms with Crippen molar-refractivity contribution in [3.8, 4) is 0 Å². The second-order valence-corrected chi connectivity index (χ2v) is 6.51. The molecule has 3 rings (SSSR count). The molecule has 0 atom stereocenters. The molecule has 0 saturated heterocycles. The van der Waals surface area contributed by atoms with E-state index in [0.29, 0.717) is 23.1 Å². The Morgan fingerprint density at radius 2 is 1.81 bits per heavy atom. The number of hydrogen-bond acceptors (Lipinski definition) is 3. The zero-order valence-corrected chi connectivity index (χ0v) is 14.1. The van der Waals surface area contributed by atoms with Crippen LogP contribution in [0.15, 0.2) is 56.5 Å². The second-order valence-electron chi connectivity index (χ2n) is 4.68. The third-order valence-electron chi connectivity index (χ3n) is 3.23. The van der Waals surface area contributed by atoms with Gasteiger partial charge in [0.1, 0.15) is 0 Å².